The topological polar surface area (TPSA) is 41.6 Å². The van der Waals surface area contributed by atoms with Crippen LogP contribution in [0.25, 0.3) is 11.3 Å². The molecule has 3 nitrogen and oxygen atoms in total. The Hall–Kier alpha value is -1.97. The zero-order chi connectivity index (χ0) is 17.4. The number of aromatic nitrogens is 2. The number of hydrogen-bond acceptors (Lipinski definition) is 2. The average molecular weight is 360 g/mol. The lowest BCUT2D eigenvalue weighted by molar-refractivity contribution is -0.137. The molecule has 0 radical (unpaired) electrons. The minimum Gasteiger partial charge on any atom is -0.236 e. The summed E-state index contributed by atoms with van der Waals surface area (Å²) >= 11 is 11.9. The largest absolute Gasteiger partial charge is 0.416 e. The van der Waals surface area contributed by atoms with Gasteiger partial charge in [0.15, 0.2) is 5.69 Å². The summed E-state index contributed by atoms with van der Waals surface area (Å²) in [6.45, 7) is 3.59. The minimum atomic E-state index is -4.56. The Bertz CT molecular complexity index is 806. The Morgan fingerprint density at radius 1 is 1.30 bits per heavy atom. The second-order valence-corrected chi connectivity index (χ2v) is 5.52. The van der Waals surface area contributed by atoms with Gasteiger partial charge in [-0.15, -0.1) is 0 Å². The van der Waals surface area contributed by atoms with E-state index in [1.807, 2.05) is 6.07 Å². The summed E-state index contributed by atoms with van der Waals surface area (Å²) in [6, 6.07) is 3.49. The fourth-order valence-electron chi connectivity index (χ4n) is 1.96. The van der Waals surface area contributed by atoms with Crippen LogP contribution in [0.15, 0.2) is 24.4 Å². The van der Waals surface area contributed by atoms with Gasteiger partial charge in [-0.3, -0.25) is 0 Å². The highest BCUT2D eigenvalue weighted by atomic mass is 35.5. The van der Waals surface area contributed by atoms with E-state index in [1.54, 1.807) is 19.9 Å². The summed E-state index contributed by atoms with van der Waals surface area (Å²) in [7, 11) is 0. The average Bonchev–Trinajstić information content (AvgIpc) is 2.88. The number of hydrogen-bond donors (Lipinski definition) is 0. The summed E-state index contributed by atoms with van der Waals surface area (Å²) in [6.07, 6.45) is -1.26. The van der Waals surface area contributed by atoms with Gasteiger partial charge in [-0.1, -0.05) is 29.3 Å². The molecule has 0 saturated heterocycles. The molecule has 120 valence electrons. The van der Waals surface area contributed by atoms with Crippen LogP contribution in [0.1, 0.15) is 30.7 Å². The zero-order valence-corrected chi connectivity index (χ0v) is 13.6. The van der Waals surface area contributed by atoms with E-state index in [9.17, 15) is 13.2 Å². The van der Waals surface area contributed by atoms with Crippen molar-refractivity contribution in [3.05, 3.63) is 51.3 Å². The Morgan fingerprint density at radius 2 is 1.87 bits per heavy atom. The first-order chi connectivity index (χ1) is 10.7. The van der Waals surface area contributed by atoms with Crippen LogP contribution in [0.4, 0.5) is 13.2 Å². The number of allylic oxidation sites excluding steroid dienone is 2. The van der Waals surface area contributed by atoms with E-state index in [0.717, 1.165) is 17.7 Å². The summed E-state index contributed by atoms with van der Waals surface area (Å²) in [4.78, 5) is 0. The van der Waals surface area contributed by atoms with E-state index in [4.69, 9.17) is 28.5 Å². The standard InChI is InChI=1S/C15H10Cl2F3N3/c1-3-8(2)10-7-23(22-13(10)6-21)14-11(16)4-9(5-12(14)17)15(18,19)20/h3-5,7H,1-2H3. The predicted molar refractivity (Wildman–Crippen MR) is 82.6 cm³/mol. The Morgan fingerprint density at radius 3 is 2.30 bits per heavy atom. The molecule has 0 fully saturated rings. The molecular formula is C15H10Cl2F3N3. The third-order valence-electron chi connectivity index (χ3n) is 3.25. The van der Waals surface area contributed by atoms with Gasteiger partial charge in [-0.05, 0) is 31.6 Å². The van der Waals surface area contributed by atoms with Crippen LogP contribution in [0.3, 0.4) is 0 Å². The van der Waals surface area contributed by atoms with Crippen LogP contribution >= 0.6 is 23.2 Å². The lowest BCUT2D eigenvalue weighted by Gasteiger charge is -2.12. The van der Waals surface area contributed by atoms with E-state index in [-0.39, 0.29) is 21.4 Å². The van der Waals surface area contributed by atoms with Crippen molar-refractivity contribution in [2.24, 2.45) is 0 Å². The second kappa shape index (κ2) is 6.26. The number of rotatable bonds is 2. The molecule has 2 rings (SSSR count). The molecule has 0 saturated carbocycles. The third-order valence-corrected chi connectivity index (χ3v) is 3.83. The van der Waals surface area contributed by atoms with Gasteiger partial charge in [-0.25, -0.2) is 4.68 Å². The fourth-order valence-corrected chi connectivity index (χ4v) is 2.62. The minimum absolute atomic E-state index is 0.0907. The van der Waals surface area contributed by atoms with E-state index in [0.29, 0.717) is 5.56 Å². The number of alkyl halides is 3. The molecule has 0 unspecified atom stereocenters. The molecule has 0 aliphatic rings. The van der Waals surface area contributed by atoms with Crippen molar-refractivity contribution < 1.29 is 13.2 Å². The van der Waals surface area contributed by atoms with Crippen LogP contribution in [0, 0.1) is 11.3 Å². The molecule has 23 heavy (non-hydrogen) atoms. The molecule has 0 bridgehead atoms. The Kier molecular flexibility index (Phi) is 4.73. The van der Waals surface area contributed by atoms with Crippen molar-refractivity contribution >= 4 is 28.8 Å². The normalized spacial score (nSPS) is 12.3. The molecule has 1 heterocycles. The molecule has 0 spiro atoms. The molecule has 2 aromatic rings. The van der Waals surface area contributed by atoms with Gasteiger partial charge in [0.2, 0.25) is 0 Å². The van der Waals surface area contributed by atoms with Gasteiger partial charge in [-0.2, -0.15) is 23.5 Å². The van der Waals surface area contributed by atoms with Crippen molar-refractivity contribution in [3.63, 3.8) is 0 Å². The first-order valence-electron chi connectivity index (χ1n) is 6.38. The van der Waals surface area contributed by atoms with E-state index < -0.39 is 11.7 Å². The van der Waals surface area contributed by atoms with Crippen LogP contribution in [-0.4, -0.2) is 9.78 Å². The molecule has 8 heteroatoms. The molecular weight excluding hydrogens is 350 g/mol. The quantitative estimate of drug-likeness (QED) is 0.710. The number of halogens is 5. The maximum absolute atomic E-state index is 12.8. The number of nitrogens with zero attached hydrogens (tertiary/aromatic N) is 3. The van der Waals surface area contributed by atoms with E-state index >= 15 is 0 Å². The monoisotopic (exact) mass is 359 g/mol. The molecule has 0 N–H and O–H groups in total. The maximum Gasteiger partial charge on any atom is 0.416 e. The molecule has 0 aliphatic heterocycles. The molecule has 0 amide bonds. The molecule has 0 aliphatic carbocycles. The molecule has 0 atom stereocenters. The van der Waals surface area contributed by atoms with Crippen molar-refractivity contribution in [2.45, 2.75) is 20.0 Å². The molecule has 1 aromatic carbocycles. The van der Waals surface area contributed by atoms with Crippen molar-refractivity contribution in [1.82, 2.24) is 9.78 Å². The predicted octanol–water partition coefficient (Wildman–Crippen LogP) is 5.49. The van der Waals surface area contributed by atoms with Crippen LogP contribution in [-0.2, 0) is 6.18 Å². The van der Waals surface area contributed by atoms with Gasteiger partial charge in [0, 0.05) is 11.8 Å². The third kappa shape index (κ3) is 3.36. The van der Waals surface area contributed by atoms with Gasteiger partial charge < -0.3 is 0 Å². The van der Waals surface area contributed by atoms with E-state index in [2.05, 4.69) is 5.10 Å². The summed E-state index contributed by atoms with van der Waals surface area (Å²) in [5.41, 5.74) is 0.628. The number of benzene rings is 1. The molecule has 1 aromatic heterocycles. The first-order valence-corrected chi connectivity index (χ1v) is 7.14. The van der Waals surface area contributed by atoms with Gasteiger partial charge >= 0.3 is 6.18 Å². The zero-order valence-electron chi connectivity index (χ0n) is 12.0. The Labute approximate surface area is 140 Å². The highest BCUT2D eigenvalue weighted by molar-refractivity contribution is 6.37. The fraction of sp³-hybridized carbons (Fsp3) is 0.200. The Balaban J connectivity index is 2.65. The van der Waals surface area contributed by atoms with Gasteiger partial charge in [0.05, 0.1) is 15.6 Å². The van der Waals surface area contributed by atoms with Gasteiger partial charge in [0.1, 0.15) is 11.8 Å². The summed E-state index contributed by atoms with van der Waals surface area (Å²) in [5.74, 6) is 0. The highest BCUT2D eigenvalue weighted by Crippen LogP contribution is 2.37. The van der Waals surface area contributed by atoms with Crippen molar-refractivity contribution in [2.75, 3.05) is 0 Å². The van der Waals surface area contributed by atoms with Gasteiger partial charge in [0.25, 0.3) is 0 Å². The van der Waals surface area contributed by atoms with Crippen LogP contribution < -0.4 is 0 Å². The lowest BCUT2D eigenvalue weighted by atomic mass is 10.1. The number of nitriles is 1. The smallest absolute Gasteiger partial charge is 0.236 e. The van der Waals surface area contributed by atoms with E-state index in [1.165, 1.54) is 10.9 Å². The van der Waals surface area contributed by atoms with Crippen molar-refractivity contribution in [3.8, 4) is 11.8 Å². The van der Waals surface area contributed by atoms with Crippen LogP contribution in [0.5, 0.6) is 0 Å². The lowest BCUT2D eigenvalue weighted by Crippen LogP contribution is -2.07. The SMILES string of the molecule is CC=C(C)c1cn(-c2c(Cl)cc(C(F)(F)F)cc2Cl)nc1C#N. The maximum atomic E-state index is 12.8. The first kappa shape index (κ1) is 17.4. The highest BCUT2D eigenvalue weighted by Gasteiger charge is 2.32. The van der Waals surface area contributed by atoms with Crippen LogP contribution in [0.2, 0.25) is 10.0 Å². The summed E-state index contributed by atoms with van der Waals surface area (Å²) in [5, 5.41) is 12.8. The summed E-state index contributed by atoms with van der Waals surface area (Å²) < 4.78 is 39.5. The van der Waals surface area contributed by atoms with Crippen molar-refractivity contribution in [1.29, 1.82) is 5.26 Å². The second-order valence-electron chi connectivity index (χ2n) is 4.71.